The average Bonchev–Trinajstić information content (AvgIpc) is 3.28. The standard InChI is InChI=1S/C23H22BrCl2N3O4S/c1-23(13-15-4-6-16(24)7-5-15)21(31)28(19-11-17(25)10-18(26)12-19)22-27-14-20(29(22)23)34(32,33)9-3-2-8-30/h4-7,10-12,14,30H,2-3,8-9,13H2,1H3/t23-/m1/s1. The van der Waals surface area contributed by atoms with E-state index in [0.717, 1.165) is 10.0 Å². The van der Waals surface area contributed by atoms with Crippen LogP contribution in [0.1, 0.15) is 25.3 Å². The number of rotatable bonds is 8. The maximum atomic E-state index is 13.9. The first-order chi connectivity index (χ1) is 16.1. The summed E-state index contributed by atoms with van der Waals surface area (Å²) in [6.07, 6.45) is 2.19. The Morgan fingerprint density at radius 2 is 1.74 bits per heavy atom. The number of benzene rings is 2. The third-order valence-corrected chi connectivity index (χ3v) is 8.49. The van der Waals surface area contributed by atoms with E-state index < -0.39 is 15.4 Å². The highest BCUT2D eigenvalue weighted by molar-refractivity contribution is 9.10. The molecule has 3 aromatic rings. The number of carbonyl (C=O) groups is 1. The van der Waals surface area contributed by atoms with E-state index in [2.05, 4.69) is 20.9 Å². The number of aliphatic hydroxyl groups excluding tert-OH is 1. The van der Waals surface area contributed by atoms with Crippen molar-refractivity contribution in [3.05, 3.63) is 68.7 Å². The SMILES string of the molecule is C[C@@]1(Cc2ccc(Br)cc2)C(=O)N(c2cc(Cl)cc(Cl)c2)c2ncc(S(=O)(=O)CCCCO)n21. The van der Waals surface area contributed by atoms with Crippen LogP contribution in [-0.4, -0.2) is 41.3 Å². The van der Waals surface area contributed by atoms with Gasteiger partial charge in [-0.2, -0.15) is 0 Å². The largest absolute Gasteiger partial charge is 0.396 e. The number of halogens is 3. The van der Waals surface area contributed by atoms with Gasteiger partial charge in [0.25, 0.3) is 5.91 Å². The van der Waals surface area contributed by atoms with E-state index in [4.69, 9.17) is 28.3 Å². The van der Waals surface area contributed by atoms with Crippen molar-refractivity contribution in [2.75, 3.05) is 17.3 Å². The van der Waals surface area contributed by atoms with E-state index in [1.54, 1.807) is 25.1 Å². The lowest BCUT2D eigenvalue weighted by atomic mass is 9.92. The molecule has 1 N–H and O–H groups in total. The lowest BCUT2D eigenvalue weighted by molar-refractivity contribution is -0.124. The second-order valence-corrected chi connectivity index (χ2v) is 12.2. The van der Waals surface area contributed by atoms with Crippen LogP contribution in [0.2, 0.25) is 10.0 Å². The van der Waals surface area contributed by atoms with Gasteiger partial charge in [0.05, 0.1) is 17.6 Å². The molecule has 0 fully saturated rings. The third kappa shape index (κ3) is 4.64. The molecule has 2 heterocycles. The molecule has 4 rings (SSSR count). The summed E-state index contributed by atoms with van der Waals surface area (Å²) in [7, 11) is -3.78. The van der Waals surface area contributed by atoms with Gasteiger partial charge in [0, 0.05) is 27.5 Å². The molecule has 1 aliphatic rings. The Labute approximate surface area is 216 Å². The Hall–Kier alpha value is -1.91. The van der Waals surface area contributed by atoms with Gasteiger partial charge in [0.1, 0.15) is 5.54 Å². The number of nitrogens with zero attached hydrogens (tertiary/aromatic N) is 3. The van der Waals surface area contributed by atoms with Crippen molar-refractivity contribution in [1.29, 1.82) is 0 Å². The van der Waals surface area contributed by atoms with Crippen molar-refractivity contribution >= 4 is 66.5 Å². The molecular weight excluding hydrogens is 565 g/mol. The molecule has 0 radical (unpaired) electrons. The van der Waals surface area contributed by atoms with Gasteiger partial charge in [0.15, 0.2) is 14.9 Å². The molecule has 1 atom stereocenters. The summed E-state index contributed by atoms with van der Waals surface area (Å²) in [4.78, 5) is 19.6. The molecule has 1 aliphatic heterocycles. The number of hydrogen-bond acceptors (Lipinski definition) is 5. The molecule has 1 aromatic heterocycles. The molecule has 1 amide bonds. The first-order valence-electron chi connectivity index (χ1n) is 10.5. The van der Waals surface area contributed by atoms with Crippen LogP contribution in [0.25, 0.3) is 0 Å². The van der Waals surface area contributed by atoms with Crippen molar-refractivity contribution < 1.29 is 18.3 Å². The van der Waals surface area contributed by atoms with Crippen molar-refractivity contribution in [3.63, 3.8) is 0 Å². The molecule has 0 aliphatic carbocycles. The molecule has 180 valence electrons. The number of unbranched alkanes of at least 4 members (excludes halogenated alkanes) is 1. The molecule has 34 heavy (non-hydrogen) atoms. The zero-order valence-electron chi connectivity index (χ0n) is 18.2. The summed E-state index contributed by atoms with van der Waals surface area (Å²) in [6.45, 7) is 1.62. The maximum absolute atomic E-state index is 13.9. The van der Waals surface area contributed by atoms with Crippen LogP contribution in [-0.2, 0) is 26.6 Å². The number of imidazole rings is 1. The van der Waals surface area contributed by atoms with Gasteiger partial charge >= 0.3 is 0 Å². The topological polar surface area (TPSA) is 92.5 Å². The van der Waals surface area contributed by atoms with E-state index in [-0.39, 0.29) is 35.7 Å². The summed E-state index contributed by atoms with van der Waals surface area (Å²) in [5, 5.41) is 9.71. The molecule has 7 nitrogen and oxygen atoms in total. The average molecular weight is 587 g/mol. The van der Waals surface area contributed by atoms with E-state index in [0.29, 0.717) is 28.6 Å². The van der Waals surface area contributed by atoms with Gasteiger partial charge in [-0.25, -0.2) is 18.3 Å². The first kappa shape index (κ1) is 25.2. The van der Waals surface area contributed by atoms with Crippen LogP contribution < -0.4 is 4.90 Å². The molecule has 11 heteroatoms. The monoisotopic (exact) mass is 585 g/mol. The predicted molar refractivity (Wildman–Crippen MR) is 136 cm³/mol. The van der Waals surface area contributed by atoms with E-state index in [9.17, 15) is 13.2 Å². The van der Waals surface area contributed by atoms with Crippen molar-refractivity contribution in [3.8, 4) is 0 Å². The van der Waals surface area contributed by atoms with Crippen LogP contribution >= 0.6 is 39.1 Å². The smallest absolute Gasteiger partial charge is 0.260 e. The molecule has 0 bridgehead atoms. The fourth-order valence-corrected chi connectivity index (χ4v) is 6.51. The summed E-state index contributed by atoms with van der Waals surface area (Å²) in [6, 6.07) is 12.2. The van der Waals surface area contributed by atoms with Crippen molar-refractivity contribution in [1.82, 2.24) is 9.55 Å². The number of aliphatic hydroxyl groups is 1. The Bertz CT molecular complexity index is 1320. The first-order valence-corrected chi connectivity index (χ1v) is 13.7. The number of hydrogen-bond donors (Lipinski definition) is 1. The number of anilines is 2. The zero-order valence-corrected chi connectivity index (χ0v) is 22.1. The second-order valence-electron chi connectivity index (χ2n) is 8.33. The highest BCUT2D eigenvalue weighted by Crippen LogP contribution is 2.44. The summed E-state index contributed by atoms with van der Waals surface area (Å²) in [5.74, 6) is -0.322. The summed E-state index contributed by atoms with van der Waals surface area (Å²) in [5.41, 5.74) is -0.0141. The van der Waals surface area contributed by atoms with Gasteiger partial charge in [0.2, 0.25) is 5.95 Å². The normalized spacial score (nSPS) is 17.9. The van der Waals surface area contributed by atoms with Gasteiger partial charge < -0.3 is 5.11 Å². The van der Waals surface area contributed by atoms with Crippen LogP contribution in [0.15, 0.2) is 58.2 Å². The van der Waals surface area contributed by atoms with Crippen LogP contribution in [0.4, 0.5) is 11.6 Å². The lowest BCUT2D eigenvalue weighted by Crippen LogP contribution is -2.42. The van der Waals surface area contributed by atoms with Crippen LogP contribution in [0, 0.1) is 0 Å². The molecule has 2 aromatic carbocycles. The van der Waals surface area contributed by atoms with Gasteiger partial charge in [-0.1, -0.05) is 51.3 Å². The number of fused-ring (bicyclic) bond motifs is 1. The highest BCUT2D eigenvalue weighted by Gasteiger charge is 2.51. The molecule has 0 unspecified atom stereocenters. The summed E-state index contributed by atoms with van der Waals surface area (Å²) >= 11 is 15.8. The minimum atomic E-state index is -3.78. The number of sulfone groups is 1. The van der Waals surface area contributed by atoms with Gasteiger partial charge in [-0.15, -0.1) is 0 Å². The minimum Gasteiger partial charge on any atom is -0.396 e. The fraction of sp³-hybridized carbons (Fsp3) is 0.304. The van der Waals surface area contributed by atoms with E-state index in [1.807, 2.05) is 24.3 Å². The maximum Gasteiger partial charge on any atom is 0.260 e. The van der Waals surface area contributed by atoms with Crippen LogP contribution in [0.3, 0.4) is 0 Å². The number of amides is 1. The van der Waals surface area contributed by atoms with E-state index >= 15 is 0 Å². The predicted octanol–water partition coefficient (Wildman–Crippen LogP) is 5.13. The molecular formula is C23H22BrCl2N3O4S. The second kappa shape index (κ2) is 9.62. The number of aromatic nitrogens is 2. The highest BCUT2D eigenvalue weighted by atomic mass is 79.9. The Morgan fingerprint density at radius 3 is 2.35 bits per heavy atom. The lowest BCUT2D eigenvalue weighted by Gasteiger charge is -2.26. The minimum absolute atomic E-state index is 0.0379. The van der Waals surface area contributed by atoms with E-state index in [1.165, 1.54) is 15.7 Å². The quantitative estimate of drug-likeness (QED) is 0.369. The van der Waals surface area contributed by atoms with Crippen molar-refractivity contribution in [2.45, 2.75) is 36.8 Å². The molecule has 0 spiro atoms. The Morgan fingerprint density at radius 1 is 1.09 bits per heavy atom. The van der Waals surface area contributed by atoms with Crippen molar-refractivity contribution in [2.24, 2.45) is 0 Å². The molecule has 0 saturated carbocycles. The van der Waals surface area contributed by atoms with Gasteiger partial charge in [-0.05, 0) is 55.7 Å². The Kier molecular flexibility index (Phi) is 7.13. The Balaban J connectivity index is 1.87. The fourth-order valence-electron chi connectivity index (χ4n) is 4.16. The number of carbonyl (C=O) groups excluding carboxylic acids is 1. The molecule has 0 saturated heterocycles. The van der Waals surface area contributed by atoms with Gasteiger partial charge in [-0.3, -0.25) is 9.36 Å². The zero-order chi connectivity index (χ0) is 24.7. The summed E-state index contributed by atoms with van der Waals surface area (Å²) < 4.78 is 28.9. The third-order valence-electron chi connectivity index (χ3n) is 5.78. The van der Waals surface area contributed by atoms with Crippen LogP contribution in [0.5, 0.6) is 0 Å².